The van der Waals surface area contributed by atoms with Gasteiger partial charge >= 0.3 is 0 Å². The molecule has 1 fully saturated rings. The van der Waals surface area contributed by atoms with Crippen LogP contribution in [-0.4, -0.2) is 30.7 Å². The van der Waals surface area contributed by atoms with Crippen LogP contribution in [0.3, 0.4) is 0 Å². The Hall–Kier alpha value is -0.120. The fourth-order valence-electron chi connectivity index (χ4n) is 1.60. The molecule has 0 amide bonds. The van der Waals surface area contributed by atoms with Crippen molar-refractivity contribution >= 4 is 0 Å². The van der Waals surface area contributed by atoms with E-state index in [0.717, 1.165) is 25.6 Å². The van der Waals surface area contributed by atoms with E-state index in [-0.39, 0.29) is 6.17 Å². The van der Waals surface area contributed by atoms with E-state index >= 15 is 0 Å². The number of hydrogen-bond donors (Lipinski definition) is 2. The molecule has 0 saturated carbocycles. The molecule has 0 aromatic heterocycles. The fourth-order valence-corrected chi connectivity index (χ4v) is 1.60. The Labute approximate surface area is 68.7 Å². The fraction of sp³-hybridized carbons (Fsp3) is 1.00. The van der Waals surface area contributed by atoms with Crippen LogP contribution in [0.1, 0.15) is 19.8 Å². The molecule has 0 aromatic carbocycles. The first-order chi connectivity index (χ1) is 5.24. The molecule has 3 nitrogen and oxygen atoms in total. The minimum atomic E-state index is 0.216. The maximum atomic E-state index is 5.75. The lowest BCUT2D eigenvalue weighted by Crippen LogP contribution is -2.45. The van der Waals surface area contributed by atoms with Crippen molar-refractivity contribution in [3.05, 3.63) is 0 Å². The van der Waals surface area contributed by atoms with Crippen LogP contribution in [0, 0.1) is 5.92 Å². The Bertz CT molecular complexity index is 106. The third kappa shape index (κ3) is 2.43. The van der Waals surface area contributed by atoms with Gasteiger partial charge in [0, 0.05) is 0 Å². The molecule has 0 aliphatic carbocycles. The Morgan fingerprint density at radius 1 is 1.45 bits per heavy atom. The molecule has 1 aliphatic rings. The van der Waals surface area contributed by atoms with E-state index in [0.29, 0.717) is 0 Å². The van der Waals surface area contributed by atoms with Gasteiger partial charge < -0.3 is 11.5 Å². The Kier molecular flexibility index (Phi) is 3.30. The summed E-state index contributed by atoms with van der Waals surface area (Å²) in [5.41, 5.74) is 11.3. The van der Waals surface area contributed by atoms with Crippen LogP contribution < -0.4 is 11.5 Å². The van der Waals surface area contributed by atoms with Crippen molar-refractivity contribution in [3.8, 4) is 0 Å². The van der Waals surface area contributed by atoms with Crippen LogP contribution in [0.2, 0.25) is 0 Å². The summed E-state index contributed by atoms with van der Waals surface area (Å²) in [4.78, 5) is 2.31. The highest BCUT2D eigenvalue weighted by molar-refractivity contribution is 4.73. The van der Waals surface area contributed by atoms with Gasteiger partial charge in [-0.25, -0.2) is 0 Å². The van der Waals surface area contributed by atoms with Crippen LogP contribution in [0.5, 0.6) is 0 Å². The van der Waals surface area contributed by atoms with Gasteiger partial charge in [0.25, 0.3) is 0 Å². The van der Waals surface area contributed by atoms with E-state index in [1.54, 1.807) is 0 Å². The second-order valence-electron chi connectivity index (χ2n) is 3.46. The van der Waals surface area contributed by atoms with Crippen molar-refractivity contribution in [1.29, 1.82) is 0 Å². The van der Waals surface area contributed by atoms with E-state index in [1.807, 2.05) is 6.92 Å². The van der Waals surface area contributed by atoms with Gasteiger partial charge in [0.2, 0.25) is 0 Å². The first kappa shape index (κ1) is 8.97. The molecule has 0 aromatic rings. The summed E-state index contributed by atoms with van der Waals surface area (Å²) >= 11 is 0. The maximum Gasteiger partial charge on any atom is 0.0542 e. The minimum Gasteiger partial charge on any atom is -0.330 e. The van der Waals surface area contributed by atoms with Crippen LogP contribution in [-0.2, 0) is 0 Å². The zero-order valence-electron chi connectivity index (χ0n) is 7.29. The van der Waals surface area contributed by atoms with Crippen molar-refractivity contribution in [2.45, 2.75) is 25.9 Å². The van der Waals surface area contributed by atoms with Crippen molar-refractivity contribution in [2.24, 2.45) is 17.4 Å². The third-order valence-corrected chi connectivity index (χ3v) is 2.56. The third-order valence-electron chi connectivity index (χ3n) is 2.56. The molecule has 66 valence electrons. The molecule has 1 heterocycles. The largest absolute Gasteiger partial charge is 0.330 e. The summed E-state index contributed by atoms with van der Waals surface area (Å²) < 4.78 is 0. The lowest BCUT2D eigenvalue weighted by Gasteiger charge is -2.33. The van der Waals surface area contributed by atoms with Crippen LogP contribution >= 0.6 is 0 Å². The number of rotatable bonds is 2. The molecule has 1 atom stereocenters. The normalized spacial score (nSPS) is 25.4. The first-order valence-electron chi connectivity index (χ1n) is 4.43. The molecular weight excluding hydrogens is 138 g/mol. The van der Waals surface area contributed by atoms with E-state index in [4.69, 9.17) is 11.5 Å². The van der Waals surface area contributed by atoms with Gasteiger partial charge in [-0.05, 0) is 45.3 Å². The second-order valence-corrected chi connectivity index (χ2v) is 3.46. The topological polar surface area (TPSA) is 55.3 Å². The van der Waals surface area contributed by atoms with Crippen LogP contribution in [0.4, 0.5) is 0 Å². The first-order valence-corrected chi connectivity index (χ1v) is 4.43. The summed E-state index contributed by atoms with van der Waals surface area (Å²) in [5, 5.41) is 0. The quantitative estimate of drug-likeness (QED) is 0.591. The van der Waals surface area contributed by atoms with Gasteiger partial charge in [0.15, 0.2) is 0 Å². The van der Waals surface area contributed by atoms with Gasteiger partial charge in [-0.15, -0.1) is 0 Å². The summed E-state index contributed by atoms with van der Waals surface area (Å²) in [7, 11) is 0. The average molecular weight is 157 g/mol. The summed E-state index contributed by atoms with van der Waals surface area (Å²) in [6, 6.07) is 0. The number of piperidine rings is 1. The van der Waals surface area contributed by atoms with Gasteiger partial charge in [-0.3, -0.25) is 4.90 Å². The molecule has 0 spiro atoms. The van der Waals surface area contributed by atoms with Gasteiger partial charge in [-0.2, -0.15) is 0 Å². The molecule has 1 rings (SSSR count). The maximum absolute atomic E-state index is 5.75. The molecule has 3 heteroatoms. The predicted octanol–water partition coefficient (Wildman–Crippen LogP) is -0.0382. The van der Waals surface area contributed by atoms with Gasteiger partial charge in [0.1, 0.15) is 0 Å². The zero-order valence-corrected chi connectivity index (χ0v) is 7.29. The standard InChI is InChI=1S/C8H19N3/c1-7(10)11-4-2-8(6-9)3-5-11/h7-8H,2-6,9-10H2,1H3. The van der Waals surface area contributed by atoms with Crippen molar-refractivity contribution in [1.82, 2.24) is 4.90 Å². The van der Waals surface area contributed by atoms with Crippen molar-refractivity contribution < 1.29 is 0 Å². The van der Waals surface area contributed by atoms with E-state index in [2.05, 4.69) is 4.90 Å². The van der Waals surface area contributed by atoms with E-state index in [1.165, 1.54) is 12.8 Å². The molecule has 11 heavy (non-hydrogen) atoms. The summed E-state index contributed by atoms with van der Waals surface area (Å²) in [6.07, 6.45) is 2.66. The molecule has 1 unspecified atom stereocenters. The Morgan fingerprint density at radius 3 is 2.36 bits per heavy atom. The zero-order chi connectivity index (χ0) is 8.27. The highest BCUT2D eigenvalue weighted by Crippen LogP contribution is 2.15. The molecule has 1 aliphatic heterocycles. The molecule has 0 radical (unpaired) electrons. The van der Waals surface area contributed by atoms with Gasteiger partial charge in [0.05, 0.1) is 6.17 Å². The molecular formula is C8H19N3. The Balaban J connectivity index is 2.24. The summed E-state index contributed by atoms with van der Waals surface area (Å²) in [5.74, 6) is 0.741. The highest BCUT2D eigenvalue weighted by atomic mass is 15.2. The molecule has 4 N–H and O–H groups in total. The van der Waals surface area contributed by atoms with Crippen LogP contribution in [0.15, 0.2) is 0 Å². The van der Waals surface area contributed by atoms with Crippen molar-refractivity contribution in [2.75, 3.05) is 19.6 Å². The van der Waals surface area contributed by atoms with E-state index < -0.39 is 0 Å². The lowest BCUT2D eigenvalue weighted by molar-refractivity contribution is 0.146. The predicted molar refractivity (Wildman–Crippen MR) is 47.0 cm³/mol. The van der Waals surface area contributed by atoms with Crippen molar-refractivity contribution in [3.63, 3.8) is 0 Å². The van der Waals surface area contributed by atoms with Gasteiger partial charge in [-0.1, -0.05) is 0 Å². The van der Waals surface area contributed by atoms with E-state index in [9.17, 15) is 0 Å². The monoisotopic (exact) mass is 157 g/mol. The SMILES string of the molecule is CC(N)N1CCC(CN)CC1. The van der Waals surface area contributed by atoms with Crippen LogP contribution in [0.25, 0.3) is 0 Å². The lowest BCUT2D eigenvalue weighted by atomic mass is 9.97. The number of likely N-dealkylation sites (tertiary alicyclic amines) is 1. The smallest absolute Gasteiger partial charge is 0.0542 e. The number of nitrogens with zero attached hydrogens (tertiary/aromatic N) is 1. The molecule has 0 bridgehead atoms. The second kappa shape index (κ2) is 4.04. The summed E-state index contributed by atoms with van der Waals surface area (Å²) in [6.45, 7) is 5.13. The minimum absolute atomic E-state index is 0.216. The Morgan fingerprint density at radius 2 is 2.00 bits per heavy atom. The highest BCUT2D eigenvalue weighted by Gasteiger charge is 2.19. The average Bonchev–Trinajstić information content (AvgIpc) is 2.05. The molecule has 1 saturated heterocycles. The number of nitrogens with two attached hydrogens (primary N) is 2. The number of hydrogen-bond acceptors (Lipinski definition) is 3.